The molecule has 12 heteroatoms. The molecule has 0 fully saturated rings. The molecule has 2 heterocycles. The molecule has 1 atom stereocenters. The van der Waals surface area contributed by atoms with E-state index in [9.17, 15) is 17.2 Å². The highest BCUT2D eigenvalue weighted by molar-refractivity contribution is 8.03. The van der Waals surface area contributed by atoms with E-state index in [4.69, 9.17) is 8.74 Å². The van der Waals surface area contributed by atoms with Crippen LogP contribution in [-0.2, 0) is 32.2 Å². The molecule has 0 bridgehead atoms. The summed E-state index contributed by atoms with van der Waals surface area (Å²) < 4.78 is 60.5. The van der Waals surface area contributed by atoms with Gasteiger partial charge in [0, 0.05) is 23.9 Å². The maximum absolute atomic E-state index is 11.4. The van der Waals surface area contributed by atoms with Crippen LogP contribution in [0, 0.1) is 0 Å². The fourth-order valence-electron chi connectivity index (χ4n) is 5.66. The van der Waals surface area contributed by atoms with Crippen LogP contribution in [0.5, 0.6) is 0 Å². The van der Waals surface area contributed by atoms with Crippen LogP contribution in [0.4, 0.5) is 5.69 Å². The highest BCUT2D eigenvalue weighted by Gasteiger charge is 2.28. The van der Waals surface area contributed by atoms with Crippen LogP contribution in [0.2, 0.25) is 0 Å². The van der Waals surface area contributed by atoms with Crippen molar-refractivity contribution in [2.75, 3.05) is 23.8 Å². The molecular formula is C35H35N2O6S4+. The zero-order chi connectivity index (χ0) is 32.8. The van der Waals surface area contributed by atoms with Crippen molar-refractivity contribution in [1.82, 2.24) is 0 Å². The molecular weight excluding hydrogens is 673 g/mol. The first-order chi connectivity index (χ1) is 22.7. The van der Waals surface area contributed by atoms with E-state index in [0.29, 0.717) is 32.4 Å². The number of hydrogen-bond donors (Lipinski definition) is 2. The zero-order valence-electron chi connectivity index (χ0n) is 25.5. The van der Waals surface area contributed by atoms with Crippen molar-refractivity contribution < 1.29 is 30.5 Å². The lowest BCUT2D eigenvalue weighted by atomic mass is 10.0. The van der Waals surface area contributed by atoms with Gasteiger partial charge >= 0.3 is 11.4 Å². The number of thiazole rings is 1. The Morgan fingerprint density at radius 1 is 0.830 bits per heavy atom. The fourth-order valence-corrected chi connectivity index (χ4v) is 8.78. The Labute approximate surface area is 286 Å². The molecule has 1 aromatic heterocycles. The quantitative estimate of drug-likeness (QED) is 0.0517. The monoisotopic (exact) mass is 707 g/mol. The van der Waals surface area contributed by atoms with Crippen LogP contribution in [0.25, 0.3) is 38.5 Å². The van der Waals surface area contributed by atoms with Gasteiger partial charge in [0.1, 0.15) is 4.70 Å². The molecule has 4 aromatic carbocycles. The average Bonchev–Trinajstić information content (AvgIpc) is 3.59. The summed E-state index contributed by atoms with van der Waals surface area (Å²) >= 11 is 1.13. The standard InChI is InChI=1S/C35H34N2O6S4/c38-46(39)43-21-9-7-19-36-30-23-28(26-11-3-1-4-12-26)15-17-32(30)44-34(36)25-35-37(20-8-10-22-47(40,41)42)31-24-29(16-18-33(31)45-35)27-13-5-2-6-14-27/h1-6,11-18,23-25H,7-10,19-22H2,(H-,38,39,40,41,42)/p+1. The molecule has 1 aliphatic heterocycles. The summed E-state index contributed by atoms with van der Waals surface area (Å²) in [7, 11) is -4.03. The smallest absolute Gasteiger partial charge is 0.301 e. The number of unbranched alkanes of at least 4 members (excludes halogenated alkanes) is 2. The minimum absolute atomic E-state index is 0.198. The highest BCUT2D eigenvalue weighted by Crippen LogP contribution is 2.48. The third-order valence-electron chi connectivity index (χ3n) is 7.92. The predicted molar refractivity (Wildman–Crippen MR) is 192 cm³/mol. The second-order valence-corrected chi connectivity index (χ2v) is 15.5. The van der Waals surface area contributed by atoms with Crippen LogP contribution in [0.3, 0.4) is 0 Å². The molecule has 244 valence electrons. The van der Waals surface area contributed by atoms with Gasteiger partial charge in [-0.25, -0.2) is 0 Å². The van der Waals surface area contributed by atoms with Crippen molar-refractivity contribution >= 4 is 66.6 Å². The SMILES string of the molecule is O=S(O)OCCCC[n+]1c(C=C2Sc3ccc(-c4ccccc4)cc3N2CCCCS(=O)(=O)O)sc2ccc(-c3ccccc3)cc21. The molecule has 1 aliphatic rings. The summed E-state index contributed by atoms with van der Waals surface area (Å²) in [5, 5.41) is 2.11. The van der Waals surface area contributed by atoms with Crippen molar-refractivity contribution in [2.45, 2.75) is 37.1 Å². The van der Waals surface area contributed by atoms with Crippen LogP contribution < -0.4 is 9.47 Å². The molecule has 0 saturated carbocycles. The molecule has 0 spiro atoms. The Kier molecular flexibility index (Phi) is 10.9. The van der Waals surface area contributed by atoms with Crippen molar-refractivity contribution in [3.63, 3.8) is 0 Å². The van der Waals surface area contributed by atoms with E-state index < -0.39 is 21.5 Å². The summed E-state index contributed by atoms with van der Waals surface area (Å²) in [5.41, 5.74) is 6.67. The molecule has 2 N–H and O–H groups in total. The van der Waals surface area contributed by atoms with E-state index in [-0.39, 0.29) is 12.4 Å². The molecule has 1 unspecified atom stereocenters. The van der Waals surface area contributed by atoms with Crippen molar-refractivity contribution in [1.29, 1.82) is 0 Å². The highest BCUT2D eigenvalue weighted by atomic mass is 32.2. The third-order valence-corrected chi connectivity index (χ3v) is 11.3. The Balaban J connectivity index is 1.37. The van der Waals surface area contributed by atoms with E-state index >= 15 is 0 Å². The van der Waals surface area contributed by atoms with E-state index in [1.807, 2.05) is 36.4 Å². The molecule has 0 radical (unpaired) electrons. The van der Waals surface area contributed by atoms with Gasteiger partial charge in [0.2, 0.25) is 5.52 Å². The zero-order valence-corrected chi connectivity index (χ0v) is 28.8. The van der Waals surface area contributed by atoms with E-state index in [2.05, 4.69) is 76.2 Å². The molecule has 0 aliphatic carbocycles. The maximum atomic E-state index is 11.4. The lowest BCUT2D eigenvalue weighted by molar-refractivity contribution is -0.669. The van der Waals surface area contributed by atoms with Gasteiger partial charge in [-0.05, 0) is 59.7 Å². The van der Waals surface area contributed by atoms with Gasteiger partial charge in [-0.2, -0.15) is 17.2 Å². The second kappa shape index (κ2) is 15.2. The number of aromatic nitrogens is 1. The second-order valence-electron chi connectivity index (χ2n) is 11.2. The molecule has 5 aromatic rings. The van der Waals surface area contributed by atoms with Gasteiger partial charge in [0.05, 0.1) is 29.2 Å². The average molecular weight is 708 g/mol. The van der Waals surface area contributed by atoms with Crippen LogP contribution in [0.1, 0.15) is 30.7 Å². The van der Waals surface area contributed by atoms with Crippen molar-refractivity contribution in [3.05, 3.63) is 107 Å². The maximum Gasteiger partial charge on any atom is 0.301 e. The number of anilines is 1. The van der Waals surface area contributed by atoms with E-state index in [0.717, 1.165) is 59.5 Å². The van der Waals surface area contributed by atoms with E-state index in [1.165, 1.54) is 0 Å². The van der Waals surface area contributed by atoms with Crippen molar-refractivity contribution in [2.24, 2.45) is 0 Å². The van der Waals surface area contributed by atoms with Gasteiger partial charge in [-0.15, -0.1) is 0 Å². The number of benzene rings is 4. The predicted octanol–water partition coefficient (Wildman–Crippen LogP) is 8.04. The first kappa shape index (κ1) is 33.5. The Bertz CT molecular complexity index is 2010. The van der Waals surface area contributed by atoms with Crippen LogP contribution in [-0.4, -0.2) is 40.6 Å². The summed E-state index contributed by atoms with van der Waals surface area (Å²) in [6.07, 6.45) is 4.54. The van der Waals surface area contributed by atoms with Crippen molar-refractivity contribution in [3.8, 4) is 22.3 Å². The molecule has 47 heavy (non-hydrogen) atoms. The largest absolute Gasteiger partial charge is 0.335 e. The minimum Gasteiger partial charge on any atom is -0.335 e. The van der Waals surface area contributed by atoms with Gasteiger partial charge in [0.15, 0.2) is 6.54 Å². The summed E-state index contributed by atoms with van der Waals surface area (Å²) in [5.74, 6) is -0.266. The number of rotatable bonds is 14. The van der Waals surface area contributed by atoms with Gasteiger partial charge in [-0.3, -0.25) is 13.3 Å². The molecule has 0 amide bonds. The lowest BCUT2D eigenvalue weighted by Gasteiger charge is -2.20. The molecule has 0 saturated heterocycles. The summed E-state index contributed by atoms with van der Waals surface area (Å²) in [4.78, 5) is 3.38. The van der Waals surface area contributed by atoms with Crippen LogP contribution >= 0.6 is 23.1 Å². The minimum atomic E-state index is -4.03. The third kappa shape index (κ3) is 8.57. The summed E-state index contributed by atoms with van der Waals surface area (Å²) in [6, 6.07) is 33.5. The number of hydrogen-bond acceptors (Lipinski definition) is 7. The van der Waals surface area contributed by atoms with Gasteiger partial charge < -0.3 is 4.90 Å². The van der Waals surface area contributed by atoms with Crippen LogP contribution in [0.15, 0.2) is 107 Å². The fraction of sp³-hybridized carbons (Fsp3) is 0.229. The first-order valence-corrected chi connectivity index (χ1v) is 19.6. The Morgan fingerprint density at radius 2 is 1.51 bits per heavy atom. The normalized spacial score (nSPS) is 14.6. The van der Waals surface area contributed by atoms with E-state index in [1.54, 1.807) is 23.1 Å². The molecule has 8 nitrogen and oxygen atoms in total. The van der Waals surface area contributed by atoms with Gasteiger partial charge in [-0.1, -0.05) is 95.9 Å². The lowest BCUT2D eigenvalue weighted by Crippen LogP contribution is -2.35. The van der Waals surface area contributed by atoms with Gasteiger partial charge in [0.25, 0.3) is 15.1 Å². The topological polar surface area (TPSA) is 108 Å². The first-order valence-electron chi connectivity index (χ1n) is 15.3. The number of thioether (sulfide) groups is 1. The Morgan fingerprint density at radius 3 is 2.19 bits per heavy atom. The number of nitrogens with zero attached hydrogens (tertiary/aromatic N) is 2. The number of aryl methyl sites for hydroxylation is 1. The molecule has 6 rings (SSSR count). The summed E-state index contributed by atoms with van der Waals surface area (Å²) in [6.45, 7) is 1.49. The number of fused-ring (bicyclic) bond motifs is 2. The Hall–Kier alpha value is -3.36.